The van der Waals surface area contributed by atoms with Crippen molar-refractivity contribution < 1.29 is 8.42 Å². The predicted molar refractivity (Wildman–Crippen MR) is 69.5 cm³/mol. The molecule has 3 atom stereocenters. The van der Waals surface area contributed by atoms with Gasteiger partial charge in [-0.25, -0.2) is 13.1 Å². The van der Waals surface area contributed by atoms with Gasteiger partial charge in [0.25, 0.3) is 0 Å². The van der Waals surface area contributed by atoms with Gasteiger partial charge in [-0.05, 0) is 18.3 Å². The van der Waals surface area contributed by atoms with E-state index in [0.717, 1.165) is 12.8 Å². The highest BCUT2D eigenvalue weighted by Crippen LogP contribution is 2.30. The van der Waals surface area contributed by atoms with E-state index in [1.807, 2.05) is 0 Å². The number of aryl methyl sites for hydroxylation is 1. The van der Waals surface area contributed by atoms with Crippen molar-refractivity contribution in [2.75, 3.05) is 0 Å². The quantitative estimate of drug-likeness (QED) is 0.906. The van der Waals surface area contributed by atoms with Crippen molar-refractivity contribution >= 4 is 10.0 Å². The zero-order valence-electron chi connectivity index (χ0n) is 11.1. The lowest BCUT2D eigenvalue weighted by Gasteiger charge is -2.34. The van der Waals surface area contributed by atoms with E-state index in [4.69, 9.17) is 0 Å². The molecule has 5 nitrogen and oxygen atoms in total. The smallest absolute Gasteiger partial charge is 0.243 e. The van der Waals surface area contributed by atoms with Gasteiger partial charge in [-0.3, -0.25) is 4.68 Å². The van der Waals surface area contributed by atoms with Gasteiger partial charge in [0.2, 0.25) is 10.0 Å². The van der Waals surface area contributed by atoms with Crippen LogP contribution in [-0.2, 0) is 17.1 Å². The van der Waals surface area contributed by atoms with Gasteiger partial charge in [-0.1, -0.05) is 26.7 Å². The van der Waals surface area contributed by atoms with Crippen LogP contribution in [0, 0.1) is 11.8 Å². The maximum Gasteiger partial charge on any atom is 0.243 e. The maximum absolute atomic E-state index is 12.2. The fourth-order valence-corrected chi connectivity index (χ4v) is 3.90. The van der Waals surface area contributed by atoms with Crippen LogP contribution in [0.15, 0.2) is 17.3 Å². The Hall–Kier alpha value is -0.880. The number of hydrogen-bond acceptors (Lipinski definition) is 3. The third kappa shape index (κ3) is 2.75. The summed E-state index contributed by atoms with van der Waals surface area (Å²) >= 11 is 0. The molecule has 6 heteroatoms. The van der Waals surface area contributed by atoms with Crippen LogP contribution in [0.25, 0.3) is 0 Å². The van der Waals surface area contributed by atoms with Crippen LogP contribution < -0.4 is 4.72 Å². The second-order valence-electron chi connectivity index (χ2n) is 5.34. The van der Waals surface area contributed by atoms with E-state index in [2.05, 4.69) is 23.7 Å². The topological polar surface area (TPSA) is 64.0 Å². The summed E-state index contributed by atoms with van der Waals surface area (Å²) in [4.78, 5) is 0.246. The first-order valence-electron chi connectivity index (χ1n) is 6.41. The molecule has 2 rings (SSSR count). The van der Waals surface area contributed by atoms with Crippen LogP contribution in [0.1, 0.15) is 33.1 Å². The first-order valence-corrected chi connectivity index (χ1v) is 7.89. The lowest BCUT2D eigenvalue weighted by atomic mass is 9.78. The summed E-state index contributed by atoms with van der Waals surface area (Å²) < 4.78 is 28.7. The minimum Gasteiger partial charge on any atom is -0.274 e. The van der Waals surface area contributed by atoms with Crippen molar-refractivity contribution in [3.8, 4) is 0 Å². The van der Waals surface area contributed by atoms with Crippen LogP contribution in [0.2, 0.25) is 0 Å². The van der Waals surface area contributed by atoms with Gasteiger partial charge in [0.15, 0.2) is 0 Å². The average Bonchev–Trinajstić information content (AvgIpc) is 2.72. The molecular formula is C12H21N3O2S. The predicted octanol–water partition coefficient (Wildman–Crippen LogP) is 1.52. The molecule has 1 heterocycles. The molecule has 102 valence electrons. The van der Waals surface area contributed by atoms with Gasteiger partial charge in [0.05, 0.1) is 6.20 Å². The molecule has 0 saturated heterocycles. The van der Waals surface area contributed by atoms with E-state index in [9.17, 15) is 8.42 Å². The summed E-state index contributed by atoms with van der Waals surface area (Å²) in [7, 11) is -1.72. The highest BCUT2D eigenvalue weighted by molar-refractivity contribution is 7.89. The van der Waals surface area contributed by atoms with Gasteiger partial charge in [0.1, 0.15) is 4.90 Å². The average molecular weight is 271 g/mol. The normalized spacial score (nSPS) is 29.4. The molecule has 0 bridgehead atoms. The molecule has 1 saturated carbocycles. The van der Waals surface area contributed by atoms with Crippen molar-refractivity contribution in [1.82, 2.24) is 14.5 Å². The molecule has 0 radical (unpaired) electrons. The Balaban J connectivity index is 2.13. The molecule has 0 amide bonds. The highest BCUT2D eigenvalue weighted by Gasteiger charge is 2.31. The summed E-state index contributed by atoms with van der Waals surface area (Å²) in [5, 5.41) is 3.91. The Kier molecular flexibility index (Phi) is 3.77. The van der Waals surface area contributed by atoms with Crippen LogP contribution >= 0.6 is 0 Å². The van der Waals surface area contributed by atoms with Crippen LogP contribution in [0.5, 0.6) is 0 Å². The largest absolute Gasteiger partial charge is 0.274 e. The third-order valence-electron chi connectivity index (χ3n) is 4.00. The summed E-state index contributed by atoms with van der Waals surface area (Å²) in [5.74, 6) is 0.950. The van der Waals surface area contributed by atoms with E-state index in [1.165, 1.54) is 23.5 Å². The minimum atomic E-state index is -3.43. The number of rotatable bonds is 3. The summed E-state index contributed by atoms with van der Waals surface area (Å²) in [5.41, 5.74) is 0. The Morgan fingerprint density at radius 3 is 2.72 bits per heavy atom. The fourth-order valence-electron chi connectivity index (χ4n) is 2.55. The van der Waals surface area contributed by atoms with Gasteiger partial charge in [0, 0.05) is 19.3 Å². The van der Waals surface area contributed by atoms with E-state index in [1.54, 1.807) is 7.05 Å². The number of nitrogens with zero attached hydrogens (tertiary/aromatic N) is 2. The molecule has 1 aromatic rings. The molecule has 1 aliphatic rings. The Morgan fingerprint density at radius 2 is 2.11 bits per heavy atom. The lowest BCUT2D eigenvalue weighted by Crippen LogP contribution is -2.43. The molecular weight excluding hydrogens is 250 g/mol. The van der Waals surface area contributed by atoms with Gasteiger partial charge < -0.3 is 0 Å². The Labute approximate surface area is 109 Å². The van der Waals surface area contributed by atoms with Crippen molar-refractivity contribution in [3.05, 3.63) is 12.4 Å². The first kappa shape index (κ1) is 13.5. The molecule has 18 heavy (non-hydrogen) atoms. The second-order valence-corrected chi connectivity index (χ2v) is 7.06. The zero-order chi connectivity index (χ0) is 13.3. The molecule has 0 aromatic carbocycles. The fraction of sp³-hybridized carbons (Fsp3) is 0.750. The molecule has 0 unspecified atom stereocenters. The standard InChI is InChI=1S/C12H21N3O2S/c1-9-5-4-6-12(10(9)2)14-18(16,17)11-7-13-15(3)8-11/h7-10,12,14H,4-6H2,1-3H3/t9-,10-,12+/m1/s1. The Morgan fingerprint density at radius 1 is 1.39 bits per heavy atom. The van der Waals surface area contributed by atoms with Crippen LogP contribution in [-0.4, -0.2) is 24.2 Å². The number of aromatic nitrogens is 2. The first-order chi connectivity index (χ1) is 8.40. The summed E-state index contributed by atoms with van der Waals surface area (Å²) in [6, 6.07) is 0.0407. The lowest BCUT2D eigenvalue weighted by molar-refractivity contribution is 0.227. The van der Waals surface area contributed by atoms with Crippen molar-refractivity contribution in [3.63, 3.8) is 0 Å². The van der Waals surface area contributed by atoms with Crippen molar-refractivity contribution in [2.45, 2.75) is 44.0 Å². The molecule has 0 aliphatic heterocycles. The third-order valence-corrected chi connectivity index (χ3v) is 5.45. The van der Waals surface area contributed by atoms with E-state index < -0.39 is 10.0 Å². The monoisotopic (exact) mass is 271 g/mol. The number of sulfonamides is 1. The van der Waals surface area contributed by atoms with Gasteiger partial charge in [-0.15, -0.1) is 0 Å². The molecule has 0 spiro atoms. The van der Waals surface area contributed by atoms with Crippen molar-refractivity contribution in [1.29, 1.82) is 0 Å². The number of nitrogens with one attached hydrogen (secondary N) is 1. The SMILES string of the molecule is C[C@@H]1[C@H](C)CCC[C@@H]1NS(=O)(=O)c1cnn(C)c1. The Bertz CT molecular complexity index is 509. The van der Waals surface area contributed by atoms with Gasteiger partial charge >= 0.3 is 0 Å². The summed E-state index contributed by atoms with van der Waals surface area (Å²) in [6.07, 6.45) is 6.11. The maximum atomic E-state index is 12.2. The van der Waals surface area contributed by atoms with E-state index >= 15 is 0 Å². The minimum absolute atomic E-state index is 0.0407. The molecule has 1 aliphatic carbocycles. The van der Waals surface area contributed by atoms with E-state index in [0.29, 0.717) is 11.8 Å². The highest BCUT2D eigenvalue weighted by atomic mass is 32.2. The van der Waals surface area contributed by atoms with E-state index in [-0.39, 0.29) is 10.9 Å². The molecule has 1 fully saturated rings. The number of hydrogen-bond donors (Lipinski definition) is 1. The second kappa shape index (κ2) is 5.01. The van der Waals surface area contributed by atoms with Crippen molar-refractivity contribution in [2.24, 2.45) is 18.9 Å². The molecule has 1 N–H and O–H groups in total. The van der Waals surface area contributed by atoms with Crippen LogP contribution in [0.4, 0.5) is 0 Å². The molecule has 1 aromatic heterocycles. The van der Waals surface area contributed by atoms with Gasteiger partial charge in [-0.2, -0.15) is 5.10 Å². The summed E-state index contributed by atoms with van der Waals surface area (Å²) in [6.45, 7) is 4.31. The zero-order valence-corrected chi connectivity index (χ0v) is 11.9. The van der Waals surface area contributed by atoms with Crippen LogP contribution in [0.3, 0.4) is 0 Å².